The third-order valence-electron chi connectivity index (χ3n) is 2.03. The van der Waals surface area contributed by atoms with Crippen molar-refractivity contribution in [1.29, 1.82) is 0 Å². The van der Waals surface area contributed by atoms with Gasteiger partial charge in [-0.1, -0.05) is 19.0 Å². The van der Waals surface area contributed by atoms with Crippen molar-refractivity contribution in [3.05, 3.63) is 17.5 Å². The van der Waals surface area contributed by atoms with E-state index in [1.54, 1.807) is 0 Å². The molecule has 0 saturated carbocycles. The molecule has 0 spiro atoms. The summed E-state index contributed by atoms with van der Waals surface area (Å²) in [6.07, 6.45) is 2.26. The van der Waals surface area contributed by atoms with E-state index < -0.39 is 0 Å². The Morgan fingerprint density at radius 3 is 2.45 bits per heavy atom. The van der Waals surface area contributed by atoms with Crippen LogP contribution in [0.1, 0.15) is 44.1 Å². The van der Waals surface area contributed by atoms with Gasteiger partial charge in [0.15, 0.2) is 0 Å². The minimum atomic E-state index is 0.552. The van der Waals surface area contributed by atoms with E-state index in [1.807, 2.05) is 13.0 Å². The van der Waals surface area contributed by atoms with Gasteiger partial charge in [0.2, 0.25) is 0 Å². The van der Waals surface area contributed by atoms with Gasteiger partial charge in [0.25, 0.3) is 0 Å². The second-order valence-corrected chi connectivity index (χ2v) is 2.88. The lowest BCUT2D eigenvalue weighted by Gasteiger charge is -2.05. The fraction of sp³-hybridized carbons (Fsp3) is 0.667. The molecule has 0 aliphatic rings. The highest BCUT2D eigenvalue weighted by Gasteiger charge is 2.11. The van der Waals surface area contributed by atoms with Crippen LogP contribution in [0.25, 0.3) is 0 Å². The van der Waals surface area contributed by atoms with E-state index in [9.17, 15) is 0 Å². The van der Waals surface area contributed by atoms with Crippen molar-refractivity contribution in [2.24, 2.45) is 0 Å². The van der Waals surface area contributed by atoms with Crippen LogP contribution in [-0.4, -0.2) is 5.16 Å². The predicted octanol–water partition coefficient (Wildman–Crippen LogP) is 2.89. The van der Waals surface area contributed by atoms with Crippen molar-refractivity contribution >= 4 is 0 Å². The molecule has 0 aliphatic carbocycles. The van der Waals surface area contributed by atoms with Crippen molar-refractivity contribution in [3.63, 3.8) is 0 Å². The lowest BCUT2D eigenvalue weighted by Crippen LogP contribution is -1.91. The van der Waals surface area contributed by atoms with Crippen LogP contribution in [0.5, 0.6) is 0 Å². The summed E-state index contributed by atoms with van der Waals surface area (Å²) in [6, 6.07) is 2.03. The monoisotopic (exact) mass is 153 g/mol. The second-order valence-electron chi connectivity index (χ2n) is 2.88. The Morgan fingerprint density at radius 2 is 2.09 bits per heavy atom. The first-order chi connectivity index (χ1) is 5.27. The van der Waals surface area contributed by atoms with Crippen LogP contribution < -0.4 is 0 Å². The van der Waals surface area contributed by atoms with Crippen molar-refractivity contribution < 1.29 is 4.52 Å². The summed E-state index contributed by atoms with van der Waals surface area (Å²) in [6.45, 7) is 6.30. The highest BCUT2D eigenvalue weighted by molar-refractivity contribution is 5.07. The normalized spacial score (nSPS) is 10.9. The molecule has 0 bridgehead atoms. The van der Waals surface area contributed by atoms with E-state index in [0.29, 0.717) is 5.92 Å². The first-order valence-corrected chi connectivity index (χ1v) is 4.21. The molecule has 0 amide bonds. The van der Waals surface area contributed by atoms with E-state index in [-0.39, 0.29) is 0 Å². The number of aryl methyl sites for hydroxylation is 1. The number of aromatic nitrogens is 1. The van der Waals surface area contributed by atoms with Gasteiger partial charge in [-0.3, -0.25) is 0 Å². The van der Waals surface area contributed by atoms with Crippen LogP contribution in [-0.2, 0) is 0 Å². The molecule has 1 aromatic rings. The Kier molecular flexibility index (Phi) is 2.69. The quantitative estimate of drug-likeness (QED) is 0.667. The maximum atomic E-state index is 5.16. The molecule has 0 atom stereocenters. The summed E-state index contributed by atoms with van der Waals surface area (Å²) in [5, 5.41) is 3.86. The fourth-order valence-electron chi connectivity index (χ4n) is 1.27. The first-order valence-electron chi connectivity index (χ1n) is 4.21. The van der Waals surface area contributed by atoms with Crippen molar-refractivity contribution in [3.8, 4) is 0 Å². The molecule has 0 N–H and O–H groups in total. The molecule has 2 nitrogen and oxygen atoms in total. The number of hydrogen-bond donors (Lipinski definition) is 0. The van der Waals surface area contributed by atoms with E-state index in [1.165, 1.54) is 0 Å². The molecule has 11 heavy (non-hydrogen) atoms. The fourth-order valence-corrected chi connectivity index (χ4v) is 1.27. The van der Waals surface area contributed by atoms with E-state index in [2.05, 4.69) is 19.0 Å². The standard InChI is InChI=1S/C9H15NO/c1-4-8(5-2)9-6-7(3)10-11-9/h6,8H,4-5H2,1-3H3. The summed E-state index contributed by atoms with van der Waals surface area (Å²) >= 11 is 0. The number of rotatable bonds is 3. The SMILES string of the molecule is CCC(CC)c1cc(C)no1. The van der Waals surface area contributed by atoms with Crippen LogP contribution in [0, 0.1) is 6.92 Å². The molecule has 1 heterocycles. The smallest absolute Gasteiger partial charge is 0.140 e. The van der Waals surface area contributed by atoms with Crippen LogP contribution in [0.4, 0.5) is 0 Å². The first kappa shape index (κ1) is 8.31. The molecular formula is C9H15NO. The van der Waals surface area contributed by atoms with Gasteiger partial charge in [-0.15, -0.1) is 0 Å². The Morgan fingerprint density at radius 1 is 1.45 bits per heavy atom. The molecule has 0 unspecified atom stereocenters. The van der Waals surface area contributed by atoms with Crippen LogP contribution >= 0.6 is 0 Å². The molecule has 1 aromatic heterocycles. The van der Waals surface area contributed by atoms with Crippen LogP contribution in [0.15, 0.2) is 10.6 Å². The van der Waals surface area contributed by atoms with Crippen molar-refractivity contribution in [2.45, 2.75) is 39.5 Å². The molecule has 2 heteroatoms. The van der Waals surface area contributed by atoms with Crippen molar-refractivity contribution in [1.82, 2.24) is 5.16 Å². The second kappa shape index (κ2) is 3.56. The van der Waals surface area contributed by atoms with E-state index >= 15 is 0 Å². The molecule has 1 rings (SSSR count). The van der Waals surface area contributed by atoms with Gasteiger partial charge < -0.3 is 4.52 Å². The minimum absolute atomic E-state index is 0.552. The largest absolute Gasteiger partial charge is 0.361 e. The Labute approximate surface area is 67.6 Å². The number of nitrogens with zero attached hydrogens (tertiary/aromatic N) is 1. The highest BCUT2D eigenvalue weighted by atomic mass is 16.5. The average molecular weight is 153 g/mol. The average Bonchev–Trinajstić information content (AvgIpc) is 2.39. The Hall–Kier alpha value is -0.790. The lowest BCUT2D eigenvalue weighted by molar-refractivity contribution is 0.350. The van der Waals surface area contributed by atoms with Gasteiger partial charge in [0.1, 0.15) is 5.76 Å². The topological polar surface area (TPSA) is 26.0 Å². The third kappa shape index (κ3) is 1.82. The molecule has 0 aliphatic heterocycles. The van der Waals surface area contributed by atoms with E-state index in [4.69, 9.17) is 4.52 Å². The molecule has 0 fully saturated rings. The van der Waals surface area contributed by atoms with Crippen LogP contribution in [0.2, 0.25) is 0 Å². The van der Waals surface area contributed by atoms with Crippen molar-refractivity contribution in [2.75, 3.05) is 0 Å². The minimum Gasteiger partial charge on any atom is -0.361 e. The van der Waals surface area contributed by atoms with E-state index in [0.717, 1.165) is 24.3 Å². The van der Waals surface area contributed by atoms with Gasteiger partial charge in [-0.05, 0) is 19.8 Å². The summed E-state index contributed by atoms with van der Waals surface area (Å²) < 4.78 is 5.16. The van der Waals surface area contributed by atoms with Gasteiger partial charge in [0.05, 0.1) is 5.69 Å². The highest BCUT2D eigenvalue weighted by Crippen LogP contribution is 2.22. The van der Waals surface area contributed by atoms with Gasteiger partial charge >= 0.3 is 0 Å². The summed E-state index contributed by atoms with van der Waals surface area (Å²) in [5.41, 5.74) is 0.979. The summed E-state index contributed by atoms with van der Waals surface area (Å²) in [5.74, 6) is 1.59. The molecule has 62 valence electrons. The Bertz CT molecular complexity index is 213. The molecular weight excluding hydrogens is 138 g/mol. The van der Waals surface area contributed by atoms with Gasteiger partial charge in [-0.25, -0.2) is 0 Å². The Balaban J connectivity index is 2.73. The molecule has 0 radical (unpaired) electrons. The maximum Gasteiger partial charge on any atom is 0.140 e. The predicted molar refractivity (Wildman–Crippen MR) is 44.6 cm³/mol. The molecule has 0 aromatic carbocycles. The molecule has 0 saturated heterocycles. The zero-order valence-electron chi connectivity index (χ0n) is 7.42. The van der Waals surface area contributed by atoms with Gasteiger partial charge in [0, 0.05) is 12.0 Å². The lowest BCUT2D eigenvalue weighted by atomic mass is 10.0. The van der Waals surface area contributed by atoms with Gasteiger partial charge in [-0.2, -0.15) is 0 Å². The zero-order valence-corrected chi connectivity index (χ0v) is 7.42. The summed E-state index contributed by atoms with van der Waals surface area (Å²) in [4.78, 5) is 0. The van der Waals surface area contributed by atoms with Crippen LogP contribution in [0.3, 0.4) is 0 Å². The zero-order chi connectivity index (χ0) is 8.27. The summed E-state index contributed by atoms with van der Waals surface area (Å²) in [7, 11) is 0. The third-order valence-corrected chi connectivity index (χ3v) is 2.03. The number of hydrogen-bond acceptors (Lipinski definition) is 2. The maximum absolute atomic E-state index is 5.16.